The number of nitrogens with zero attached hydrogens (tertiary/aromatic N) is 7. The van der Waals surface area contributed by atoms with Crippen LogP contribution >= 0.6 is 0 Å². The summed E-state index contributed by atoms with van der Waals surface area (Å²) in [4.78, 5) is 19.4. The lowest BCUT2D eigenvalue weighted by Crippen LogP contribution is -2.10. The minimum absolute atomic E-state index is 0.640. The van der Waals surface area contributed by atoms with E-state index in [9.17, 15) is 0 Å². The molecule has 0 radical (unpaired) electrons. The van der Waals surface area contributed by atoms with Crippen molar-refractivity contribution < 1.29 is 0 Å². The van der Waals surface area contributed by atoms with E-state index in [1.807, 2.05) is 12.3 Å². The number of rotatable bonds is 7. The Hall–Kier alpha value is -7.38. The fraction of sp³-hybridized carbons (Fsp3) is 0. The zero-order valence-electron chi connectivity index (χ0n) is 28.5. The molecule has 0 aliphatic rings. The fourth-order valence-electron chi connectivity index (χ4n) is 7.44. The van der Waals surface area contributed by atoms with Crippen molar-refractivity contribution in [2.24, 2.45) is 0 Å². The average molecular weight is 682 g/mol. The van der Waals surface area contributed by atoms with Crippen LogP contribution in [0.4, 0.5) is 17.1 Å². The molecule has 0 atom stereocenters. The van der Waals surface area contributed by atoms with Gasteiger partial charge in [-0.05, 0) is 108 Å². The second kappa shape index (κ2) is 12.7. The summed E-state index contributed by atoms with van der Waals surface area (Å²) in [5.74, 6) is 0.640. The number of benzene rings is 6. The number of aromatic nitrogens is 6. The lowest BCUT2D eigenvalue weighted by molar-refractivity contribution is 1.06. The van der Waals surface area contributed by atoms with E-state index in [1.165, 1.54) is 34.3 Å². The zero-order valence-corrected chi connectivity index (χ0v) is 28.5. The first-order valence-electron chi connectivity index (χ1n) is 17.5. The van der Waals surface area contributed by atoms with E-state index in [1.54, 1.807) is 6.20 Å². The Kier molecular flexibility index (Phi) is 7.32. The minimum Gasteiger partial charge on any atom is -0.316 e. The van der Waals surface area contributed by atoms with Crippen molar-refractivity contribution in [1.82, 2.24) is 29.1 Å². The zero-order chi connectivity index (χ0) is 35.1. The second-order valence-electron chi connectivity index (χ2n) is 12.9. The number of hydrogen-bond donors (Lipinski definition) is 0. The molecule has 0 saturated heterocycles. The molecule has 4 heterocycles. The first-order valence-corrected chi connectivity index (χ1v) is 17.5. The van der Waals surface area contributed by atoms with Crippen LogP contribution < -0.4 is 4.90 Å². The summed E-state index contributed by atoms with van der Waals surface area (Å²) < 4.78 is 4.67. The third-order valence-corrected chi connectivity index (χ3v) is 9.88. The third-order valence-electron chi connectivity index (χ3n) is 9.88. The van der Waals surface area contributed by atoms with Crippen molar-refractivity contribution in [2.75, 3.05) is 4.90 Å². The van der Waals surface area contributed by atoms with Crippen LogP contribution in [0.25, 0.3) is 66.6 Å². The number of para-hydroxylation sites is 2. The van der Waals surface area contributed by atoms with Crippen LogP contribution in [0.2, 0.25) is 0 Å². The van der Waals surface area contributed by atoms with Crippen LogP contribution in [-0.4, -0.2) is 29.1 Å². The van der Waals surface area contributed by atoms with Crippen molar-refractivity contribution in [1.29, 1.82) is 0 Å². The molecule has 0 bridgehead atoms. The molecule has 250 valence electrons. The minimum atomic E-state index is 0.640. The summed E-state index contributed by atoms with van der Waals surface area (Å²) in [6.07, 6.45) is 8.92. The van der Waals surface area contributed by atoms with E-state index >= 15 is 0 Å². The second-order valence-corrected chi connectivity index (χ2v) is 12.9. The van der Waals surface area contributed by atoms with Crippen LogP contribution in [0.15, 0.2) is 189 Å². The number of anilines is 3. The van der Waals surface area contributed by atoms with E-state index in [0.29, 0.717) is 5.82 Å². The van der Waals surface area contributed by atoms with E-state index in [-0.39, 0.29) is 0 Å². The largest absolute Gasteiger partial charge is 0.316 e. The highest BCUT2D eigenvalue weighted by molar-refractivity contribution is 6.19. The molecule has 0 saturated carbocycles. The maximum Gasteiger partial charge on any atom is 0.162 e. The van der Waals surface area contributed by atoms with Gasteiger partial charge in [0.25, 0.3) is 0 Å². The summed E-state index contributed by atoms with van der Waals surface area (Å²) in [5, 5.41) is 3.57. The Morgan fingerprint density at radius 3 is 1.81 bits per heavy atom. The molecule has 10 rings (SSSR count). The van der Waals surface area contributed by atoms with Crippen molar-refractivity contribution in [3.63, 3.8) is 0 Å². The molecule has 0 N–H and O–H groups in total. The Labute approximate surface area is 305 Å². The topological polar surface area (TPSA) is 64.7 Å². The summed E-state index contributed by atoms with van der Waals surface area (Å²) in [6, 6.07) is 55.9. The lowest BCUT2D eigenvalue weighted by atomic mass is 10.1. The molecule has 0 aliphatic heterocycles. The van der Waals surface area contributed by atoms with Crippen LogP contribution in [-0.2, 0) is 0 Å². The van der Waals surface area contributed by atoms with Gasteiger partial charge in [0, 0.05) is 68.7 Å². The van der Waals surface area contributed by atoms with Gasteiger partial charge < -0.3 is 14.0 Å². The molecule has 7 nitrogen and oxygen atoms in total. The van der Waals surface area contributed by atoms with Crippen molar-refractivity contribution in [2.45, 2.75) is 0 Å². The van der Waals surface area contributed by atoms with E-state index in [2.05, 4.69) is 192 Å². The maximum absolute atomic E-state index is 4.36. The van der Waals surface area contributed by atoms with Gasteiger partial charge in [-0.25, -0.2) is 15.0 Å². The summed E-state index contributed by atoms with van der Waals surface area (Å²) >= 11 is 0. The Bertz CT molecular complexity index is 2770. The number of hydrogen-bond acceptors (Lipinski definition) is 5. The SMILES string of the molecule is c1ccc(-n2ccc3c2ccc2c4cc(N(c5ccc(-c6cccnc6)cc5)c5ccc(-c6ncncn6)cc5)ccc4n(-c4ccccc4)c23)cc1. The number of pyridine rings is 1. The molecule has 10 aromatic rings. The molecular weight excluding hydrogens is 651 g/mol. The van der Waals surface area contributed by atoms with Crippen LogP contribution in [0, 0.1) is 0 Å². The summed E-state index contributed by atoms with van der Waals surface area (Å²) in [7, 11) is 0. The van der Waals surface area contributed by atoms with Crippen molar-refractivity contribution >= 4 is 49.8 Å². The Morgan fingerprint density at radius 1 is 0.453 bits per heavy atom. The third kappa shape index (κ3) is 5.30. The van der Waals surface area contributed by atoms with Gasteiger partial charge >= 0.3 is 0 Å². The molecule has 6 aromatic carbocycles. The summed E-state index contributed by atoms with van der Waals surface area (Å²) in [6.45, 7) is 0. The first kappa shape index (κ1) is 30.4. The van der Waals surface area contributed by atoms with Crippen LogP contribution in [0.1, 0.15) is 0 Å². The summed E-state index contributed by atoms with van der Waals surface area (Å²) in [5.41, 5.74) is 12.0. The molecule has 0 unspecified atom stereocenters. The predicted molar refractivity (Wildman–Crippen MR) is 214 cm³/mol. The monoisotopic (exact) mass is 681 g/mol. The smallest absolute Gasteiger partial charge is 0.162 e. The van der Waals surface area contributed by atoms with E-state index in [4.69, 9.17) is 0 Å². The highest BCUT2D eigenvalue weighted by atomic mass is 15.1. The standard InChI is InChI=1S/C46H31N7/c1-3-9-35(10-4-1)51-27-25-41-43(51)24-22-40-42-28-39(21-23-44(42)53(45(40)41)36-11-5-2-6-12-36)52(37-17-13-32(14-18-37)34-8-7-26-47-29-34)38-19-15-33(16-20-38)46-49-30-48-31-50-46/h1-31H. The van der Waals surface area contributed by atoms with E-state index in [0.717, 1.165) is 56.2 Å². The quantitative estimate of drug-likeness (QED) is 0.167. The molecule has 4 aromatic heterocycles. The fourth-order valence-corrected chi connectivity index (χ4v) is 7.44. The predicted octanol–water partition coefficient (Wildman–Crippen LogP) is 11.1. The lowest BCUT2D eigenvalue weighted by Gasteiger charge is -2.26. The van der Waals surface area contributed by atoms with Crippen molar-refractivity contribution in [3.05, 3.63) is 189 Å². The Balaban J connectivity index is 1.17. The van der Waals surface area contributed by atoms with Crippen molar-refractivity contribution in [3.8, 4) is 33.9 Å². The van der Waals surface area contributed by atoms with E-state index < -0.39 is 0 Å². The highest BCUT2D eigenvalue weighted by Gasteiger charge is 2.20. The highest BCUT2D eigenvalue weighted by Crippen LogP contribution is 2.42. The maximum atomic E-state index is 4.36. The van der Waals surface area contributed by atoms with Gasteiger partial charge in [-0.15, -0.1) is 0 Å². The van der Waals surface area contributed by atoms with Gasteiger partial charge in [0.15, 0.2) is 5.82 Å². The van der Waals surface area contributed by atoms with Gasteiger partial charge in [0.2, 0.25) is 0 Å². The van der Waals surface area contributed by atoms with Gasteiger partial charge in [0.1, 0.15) is 12.7 Å². The first-order chi connectivity index (χ1) is 26.3. The van der Waals surface area contributed by atoms with Crippen LogP contribution in [0.5, 0.6) is 0 Å². The molecule has 7 heteroatoms. The Morgan fingerprint density at radius 2 is 1.11 bits per heavy atom. The van der Waals surface area contributed by atoms with Crippen LogP contribution in [0.3, 0.4) is 0 Å². The van der Waals surface area contributed by atoms with Gasteiger partial charge in [-0.1, -0.05) is 60.7 Å². The molecule has 0 aliphatic carbocycles. The van der Waals surface area contributed by atoms with Gasteiger partial charge in [0.05, 0.1) is 16.6 Å². The number of fused-ring (bicyclic) bond motifs is 5. The molecule has 0 fully saturated rings. The molecule has 0 spiro atoms. The molecular formula is C46H31N7. The normalized spacial score (nSPS) is 11.4. The molecule has 0 amide bonds. The van der Waals surface area contributed by atoms with Gasteiger partial charge in [-0.2, -0.15) is 0 Å². The molecule has 53 heavy (non-hydrogen) atoms. The average Bonchev–Trinajstić information content (AvgIpc) is 3.82. The van der Waals surface area contributed by atoms with Gasteiger partial charge in [-0.3, -0.25) is 4.98 Å².